The summed E-state index contributed by atoms with van der Waals surface area (Å²) < 4.78 is 7.06. The van der Waals surface area contributed by atoms with Gasteiger partial charge in [0, 0.05) is 20.0 Å². The van der Waals surface area contributed by atoms with E-state index in [0.29, 0.717) is 38.7 Å². The average Bonchev–Trinajstić information content (AvgIpc) is 3.24. The van der Waals surface area contributed by atoms with E-state index in [-0.39, 0.29) is 18.0 Å². The predicted molar refractivity (Wildman–Crippen MR) is 116 cm³/mol. The second-order valence-electron chi connectivity index (χ2n) is 7.31. The molecule has 0 aliphatic rings. The summed E-state index contributed by atoms with van der Waals surface area (Å²) in [7, 11) is 3.77. The minimum Gasteiger partial charge on any atom is -0.467 e. The standard InChI is InChI=1S/C21H22N6O2S/c1-13(2)17-23-19(26(3)4)25-20(24-17)30-21-22-16-10-6-5-9-15(16)18(28)27(21)12-14-8-7-11-29-14/h5-11,13H,12H2,1-4H3. The van der Waals surface area contributed by atoms with Crippen molar-refractivity contribution in [2.45, 2.75) is 36.6 Å². The predicted octanol–water partition coefficient (Wildman–Crippen LogP) is 3.56. The Morgan fingerprint density at radius 1 is 1.07 bits per heavy atom. The fourth-order valence-corrected chi connectivity index (χ4v) is 3.70. The van der Waals surface area contributed by atoms with Crippen molar-refractivity contribution in [1.29, 1.82) is 0 Å². The number of anilines is 1. The molecule has 9 heteroatoms. The molecule has 0 atom stereocenters. The van der Waals surface area contributed by atoms with Gasteiger partial charge in [-0.3, -0.25) is 9.36 Å². The molecular formula is C21H22N6O2S. The number of hydrogen-bond donors (Lipinski definition) is 0. The molecule has 4 aromatic rings. The molecule has 3 heterocycles. The van der Waals surface area contributed by atoms with Gasteiger partial charge in [-0.15, -0.1) is 0 Å². The first-order chi connectivity index (χ1) is 14.4. The van der Waals surface area contributed by atoms with Crippen molar-refractivity contribution in [3.05, 3.63) is 64.6 Å². The Balaban J connectivity index is 1.85. The fraction of sp³-hybridized carbons (Fsp3) is 0.286. The van der Waals surface area contributed by atoms with Gasteiger partial charge in [-0.2, -0.15) is 9.97 Å². The van der Waals surface area contributed by atoms with E-state index in [1.165, 1.54) is 11.8 Å². The first-order valence-corrected chi connectivity index (χ1v) is 10.4. The number of nitrogens with zero attached hydrogens (tertiary/aromatic N) is 6. The van der Waals surface area contributed by atoms with Gasteiger partial charge in [0.1, 0.15) is 11.6 Å². The number of rotatable bonds is 6. The summed E-state index contributed by atoms with van der Waals surface area (Å²) in [5.41, 5.74) is 0.497. The van der Waals surface area contributed by atoms with E-state index in [1.807, 2.05) is 57.1 Å². The largest absolute Gasteiger partial charge is 0.467 e. The molecule has 0 fully saturated rings. The topological polar surface area (TPSA) is 89.9 Å². The van der Waals surface area contributed by atoms with Gasteiger partial charge in [0.2, 0.25) is 11.1 Å². The van der Waals surface area contributed by atoms with Crippen molar-refractivity contribution < 1.29 is 4.42 Å². The summed E-state index contributed by atoms with van der Waals surface area (Å²) >= 11 is 1.25. The number of hydrogen-bond acceptors (Lipinski definition) is 8. The third-order valence-electron chi connectivity index (χ3n) is 4.44. The summed E-state index contributed by atoms with van der Waals surface area (Å²) in [5, 5.41) is 1.55. The second kappa shape index (κ2) is 8.27. The summed E-state index contributed by atoms with van der Waals surface area (Å²) in [6.45, 7) is 4.34. The molecule has 0 aliphatic carbocycles. The van der Waals surface area contributed by atoms with Crippen LogP contribution in [0.2, 0.25) is 0 Å². The number of aromatic nitrogens is 5. The van der Waals surface area contributed by atoms with E-state index >= 15 is 0 Å². The fourth-order valence-electron chi connectivity index (χ4n) is 2.87. The van der Waals surface area contributed by atoms with E-state index < -0.39 is 0 Å². The Morgan fingerprint density at radius 3 is 2.57 bits per heavy atom. The molecular weight excluding hydrogens is 400 g/mol. The molecule has 154 valence electrons. The minimum absolute atomic E-state index is 0.134. The Kier molecular flexibility index (Phi) is 5.54. The lowest BCUT2D eigenvalue weighted by Gasteiger charge is -2.15. The maximum absolute atomic E-state index is 13.2. The minimum atomic E-state index is -0.134. The lowest BCUT2D eigenvalue weighted by atomic mass is 10.2. The van der Waals surface area contributed by atoms with Crippen LogP contribution >= 0.6 is 11.8 Å². The van der Waals surface area contributed by atoms with Crippen molar-refractivity contribution in [3.63, 3.8) is 0 Å². The molecule has 0 unspecified atom stereocenters. The lowest BCUT2D eigenvalue weighted by Crippen LogP contribution is -2.24. The van der Waals surface area contributed by atoms with Crippen LogP contribution in [0.25, 0.3) is 10.9 Å². The second-order valence-corrected chi connectivity index (χ2v) is 8.24. The average molecular weight is 423 g/mol. The zero-order valence-corrected chi connectivity index (χ0v) is 18.1. The normalized spacial score (nSPS) is 11.4. The van der Waals surface area contributed by atoms with Crippen LogP contribution in [0.5, 0.6) is 0 Å². The summed E-state index contributed by atoms with van der Waals surface area (Å²) in [5.74, 6) is 2.07. The van der Waals surface area contributed by atoms with Crippen molar-refractivity contribution in [3.8, 4) is 0 Å². The third-order valence-corrected chi connectivity index (χ3v) is 5.30. The van der Waals surface area contributed by atoms with Gasteiger partial charge >= 0.3 is 0 Å². The van der Waals surface area contributed by atoms with Crippen LogP contribution in [0.4, 0.5) is 5.95 Å². The highest BCUT2D eigenvalue weighted by Gasteiger charge is 2.17. The Morgan fingerprint density at radius 2 is 1.87 bits per heavy atom. The quantitative estimate of drug-likeness (QED) is 0.436. The first kappa shape index (κ1) is 20.1. The van der Waals surface area contributed by atoms with Crippen molar-refractivity contribution >= 4 is 28.6 Å². The zero-order chi connectivity index (χ0) is 21.3. The molecule has 8 nitrogen and oxygen atoms in total. The van der Waals surface area contributed by atoms with E-state index in [4.69, 9.17) is 9.40 Å². The van der Waals surface area contributed by atoms with Crippen molar-refractivity contribution in [1.82, 2.24) is 24.5 Å². The summed E-state index contributed by atoms with van der Waals surface area (Å²) in [4.78, 5) is 33.4. The van der Waals surface area contributed by atoms with Crippen molar-refractivity contribution in [2.24, 2.45) is 0 Å². The molecule has 1 aromatic carbocycles. The van der Waals surface area contributed by atoms with Crippen LogP contribution in [0, 0.1) is 0 Å². The Hall–Kier alpha value is -3.20. The SMILES string of the molecule is CC(C)c1nc(Sc2nc3ccccc3c(=O)n2Cc2ccco2)nc(N(C)C)n1. The van der Waals surface area contributed by atoms with Crippen LogP contribution in [0.1, 0.15) is 31.4 Å². The van der Waals surface area contributed by atoms with Crippen LogP contribution in [-0.2, 0) is 6.54 Å². The molecule has 0 N–H and O–H groups in total. The summed E-state index contributed by atoms with van der Waals surface area (Å²) in [6, 6.07) is 10.9. The highest BCUT2D eigenvalue weighted by molar-refractivity contribution is 7.99. The van der Waals surface area contributed by atoms with E-state index in [0.717, 1.165) is 0 Å². The maximum atomic E-state index is 13.2. The smallest absolute Gasteiger partial charge is 0.262 e. The number of benzene rings is 1. The van der Waals surface area contributed by atoms with Gasteiger partial charge in [0.25, 0.3) is 5.56 Å². The maximum Gasteiger partial charge on any atom is 0.262 e. The van der Waals surface area contributed by atoms with E-state index in [1.54, 1.807) is 23.0 Å². The van der Waals surface area contributed by atoms with Gasteiger partial charge in [-0.25, -0.2) is 9.97 Å². The van der Waals surface area contributed by atoms with Gasteiger partial charge in [-0.1, -0.05) is 26.0 Å². The lowest BCUT2D eigenvalue weighted by molar-refractivity contribution is 0.476. The molecule has 30 heavy (non-hydrogen) atoms. The number of furan rings is 1. The zero-order valence-electron chi connectivity index (χ0n) is 17.2. The number of para-hydroxylation sites is 1. The molecule has 4 rings (SSSR count). The molecule has 0 radical (unpaired) electrons. The molecule has 3 aromatic heterocycles. The molecule has 0 saturated heterocycles. The summed E-state index contributed by atoms with van der Waals surface area (Å²) in [6.07, 6.45) is 1.59. The monoisotopic (exact) mass is 422 g/mol. The van der Waals surface area contributed by atoms with Gasteiger partial charge in [0.05, 0.1) is 23.7 Å². The molecule has 0 aliphatic heterocycles. The van der Waals surface area contributed by atoms with Gasteiger partial charge < -0.3 is 9.32 Å². The number of fused-ring (bicyclic) bond motifs is 1. The van der Waals surface area contributed by atoms with Crippen LogP contribution in [0.3, 0.4) is 0 Å². The molecule has 0 saturated carbocycles. The van der Waals surface area contributed by atoms with E-state index in [2.05, 4.69) is 15.0 Å². The molecule has 0 spiro atoms. The van der Waals surface area contributed by atoms with Crippen LogP contribution < -0.4 is 10.5 Å². The third kappa shape index (κ3) is 4.06. The highest BCUT2D eigenvalue weighted by Crippen LogP contribution is 2.26. The molecule has 0 amide bonds. The molecule has 0 bridgehead atoms. The Labute approximate surface area is 178 Å². The van der Waals surface area contributed by atoms with Crippen LogP contribution in [-0.4, -0.2) is 38.6 Å². The van der Waals surface area contributed by atoms with Gasteiger partial charge in [0.15, 0.2) is 5.16 Å². The first-order valence-electron chi connectivity index (χ1n) is 9.55. The van der Waals surface area contributed by atoms with E-state index in [9.17, 15) is 4.79 Å². The van der Waals surface area contributed by atoms with Crippen molar-refractivity contribution in [2.75, 3.05) is 19.0 Å². The highest BCUT2D eigenvalue weighted by atomic mass is 32.2. The Bertz CT molecular complexity index is 1210. The van der Waals surface area contributed by atoms with Crippen LogP contribution in [0.15, 0.2) is 62.2 Å². The van der Waals surface area contributed by atoms with Gasteiger partial charge in [-0.05, 0) is 36.0 Å².